The molecule has 30 heavy (non-hydrogen) atoms. The molecule has 0 aliphatic carbocycles. The van der Waals surface area contributed by atoms with Crippen LogP contribution in [-0.4, -0.2) is 30.6 Å². The number of carbonyl (C=O) groups excluding carboxylic acids is 1. The molecule has 2 aromatic carbocycles. The molecule has 0 aliphatic rings. The number of pyridine rings is 1. The Morgan fingerprint density at radius 1 is 1.07 bits per heavy atom. The first-order valence-corrected chi connectivity index (χ1v) is 9.50. The highest BCUT2D eigenvalue weighted by molar-refractivity contribution is 6.56. The van der Waals surface area contributed by atoms with E-state index in [1.54, 1.807) is 44.9 Å². The third-order valence-electron chi connectivity index (χ3n) is 4.57. The fourth-order valence-corrected chi connectivity index (χ4v) is 3.07. The summed E-state index contributed by atoms with van der Waals surface area (Å²) >= 11 is 0. The average molecular weight is 400 g/mol. The van der Waals surface area contributed by atoms with Crippen LogP contribution in [0.3, 0.4) is 0 Å². The van der Waals surface area contributed by atoms with E-state index in [-0.39, 0.29) is 11.5 Å². The lowest BCUT2D eigenvalue weighted by Crippen LogP contribution is -2.28. The zero-order chi connectivity index (χ0) is 21.3. The third-order valence-corrected chi connectivity index (χ3v) is 4.57. The Hall–Kier alpha value is -3.93. The first-order chi connectivity index (χ1) is 14.6. The lowest BCUT2D eigenvalue weighted by molar-refractivity contribution is -0.113. The fraction of sp³-hybridized carbons (Fsp3) is 0.125. The van der Waals surface area contributed by atoms with E-state index in [1.165, 1.54) is 0 Å². The number of benzene rings is 2. The van der Waals surface area contributed by atoms with Crippen LogP contribution in [0.25, 0.3) is 5.57 Å². The van der Waals surface area contributed by atoms with Crippen molar-refractivity contribution in [3.8, 4) is 5.75 Å². The molecule has 0 aliphatic heterocycles. The number of aromatic nitrogens is 1. The maximum Gasteiger partial charge on any atom is 0.207 e. The molecule has 6 heteroatoms. The van der Waals surface area contributed by atoms with Crippen molar-refractivity contribution in [2.45, 2.75) is 6.04 Å². The van der Waals surface area contributed by atoms with Gasteiger partial charge in [-0.15, -0.1) is 0 Å². The van der Waals surface area contributed by atoms with Gasteiger partial charge in [0.2, 0.25) is 5.78 Å². The van der Waals surface area contributed by atoms with E-state index in [9.17, 15) is 4.79 Å². The molecule has 1 heterocycles. The number of allylic oxidation sites excluding steroid dienone is 1. The number of hydrogen-bond acceptors (Lipinski definition) is 6. The van der Waals surface area contributed by atoms with Gasteiger partial charge in [-0.25, -0.2) is 0 Å². The van der Waals surface area contributed by atoms with Gasteiger partial charge in [0.1, 0.15) is 17.5 Å². The van der Waals surface area contributed by atoms with E-state index < -0.39 is 6.04 Å². The van der Waals surface area contributed by atoms with E-state index in [1.807, 2.05) is 54.6 Å². The first-order valence-electron chi connectivity index (χ1n) is 9.50. The summed E-state index contributed by atoms with van der Waals surface area (Å²) in [5, 5.41) is 14.9. The molecule has 0 spiro atoms. The van der Waals surface area contributed by atoms with Crippen LogP contribution in [0.5, 0.6) is 5.75 Å². The normalized spacial score (nSPS) is 12.0. The number of Topliss-reactive ketones (excluding diaryl/α,β-unsaturated/α-hetero) is 1. The quantitative estimate of drug-likeness (QED) is 0.471. The maximum absolute atomic E-state index is 13.5. The number of carbonyl (C=O) groups is 1. The van der Waals surface area contributed by atoms with Crippen LogP contribution in [0.2, 0.25) is 0 Å². The number of methoxy groups -OCH3 is 1. The SMILES string of the molecule is CN/C=C(\C(=N)C(=O)C(Nc1cccc(OC)c1)c1ccncc1)c1ccccc1. The van der Waals surface area contributed by atoms with Crippen molar-refractivity contribution >= 4 is 22.8 Å². The summed E-state index contributed by atoms with van der Waals surface area (Å²) in [6.45, 7) is 0. The average Bonchev–Trinajstić information content (AvgIpc) is 2.81. The Labute approximate surface area is 176 Å². The van der Waals surface area contributed by atoms with Crippen molar-refractivity contribution in [1.29, 1.82) is 5.41 Å². The highest BCUT2D eigenvalue weighted by Gasteiger charge is 2.27. The molecule has 0 amide bonds. The van der Waals surface area contributed by atoms with Crippen molar-refractivity contribution in [3.63, 3.8) is 0 Å². The van der Waals surface area contributed by atoms with Gasteiger partial charge in [-0.1, -0.05) is 36.4 Å². The Bertz CT molecular complexity index is 1030. The smallest absolute Gasteiger partial charge is 0.207 e. The predicted octanol–water partition coefficient (Wildman–Crippen LogP) is 4.09. The second-order valence-corrected chi connectivity index (χ2v) is 6.54. The van der Waals surface area contributed by atoms with Gasteiger partial charge in [-0.05, 0) is 35.4 Å². The van der Waals surface area contributed by atoms with Gasteiger partial charge in [0.15, 0.2) is 0 Å². The van der Waals surface area contributed by atoms with E-state index in [0.29, 0.717) is 11.3 Å². The van der Waals surface area contributed by atoms with Gasteiger partial charge in [0.05, 0.1) is 7.11 Å². The zero-order valence-electron chi connectivity index (χ0n) is 16.9. The standard InChI is InChI=1S/C24H24N4O2/c1-26-16-21(17-7-4-3-5-8-17)22(25)24(29)23(18-11-13-27-14-12-18)28-19-9-6-10-20(15-19)30-2/h3-16,23,25-26,28H,1-2H3/b21-16-,25-22?. The van der Waals surface area contributed by atoms with Crippen LogP contribution in [0, 0.1) is 5.41 Å². The molecule has 3 N–H and O–H groups in total. The highest BCUT2D eigenvalue weighted by Crippen LogP contribution is 2.26. The van der Waals surface area contributed by atoms with Crippen molar-refractivity contribution in [2.24, 2.45) is 0 Å². The summed E-state index contributed by atoms with van der Waals surface area (Å²) < 4.78 is 5.28. The molecule has 0 saturated heterocycles. The Morgan fingerprint density at radius 2 is 1.80 bits per heavy atom. The van der Waals surface area contributed by atoms with Crippen molar-refractivity contribution < 1.29 is 9.53 Å². The number of anilines is 1. The minimum absolute atomic E-state index is 0.0900. The van der Waals surface area contributed by atoms with Gasteiger partial charge in [-0.3, -0.25) is 15.2 Å². The molecular weight excluding hydrogens is 376 g/mol. The molecule has 1 aromatic heterocycles. The molecule has 0 fully saturated rings. The van der Waals surface area contributed by atoms with E-state index in [0.717, 1.165) is 16.8 Å². The lowest BCUT2D eigenvalue weighted by atomic mass is 9.93. The van der Waals surface area contributed by atoms with Crippen molar-refractivity contribution in [2.75, 3.05) is 19.5 Å². The van der Waals surface area contributed by atoms with Gasteiger partial charge in [-0.2, -0.15) is 0 Å². The molecule has 0 bridgehead atoms. The molecule has 3 rings (SSSR count). The van der Waals surface area contributed by atoms with Crippen LogP contribution >= 0.6 is 0 Å². The maximum atomic E-state index is 13.5. The first kappa shape index (κ1) is 20.8. The summed E-state index contributed by atoms with van der Waals surface area (Å²) in [7, 11) is 3.34. The fourth-order valence-electron chi connectivity index (χ4n) is 3.07. The van der Waals surface area contributed by atoms with Crippen LogP contribution in [-0.2, 0) is 4.79 Å². The van der Waals surface area contributed by atoms with E-state index >= 15 is 0 Å². The molecule has 152 valence electrons. The second-order valence-electron chi connectivity index (χ2n) is 6.54. The van der Waals surface area contributed by atoms with Crippen LogP contribution in [0.4, 0.5) is 5.69 Å². The molecule has 6 nitrogen and oxygen atoms in total. The minimum atomic E-state index is -0.753. The number of nitrogens with one attached hydrogen (secondary N) is 3. The number of ether oxygens (including phenoxy) is 1. The van der Waals surface area contributed by atoms with Crippen LogP contribution in [0.1, 0.15) is 17.2 Å². The number of nitrogens with zero attached hydrogens (tertiary/aromatic N) is 1. The van der Waals surface area contributed by atoms with Gasteiger partial charge >= 0.3 is 0 Å². The van der Waals surface area contributed by atoms with E-state index in [2.05, 4.69) is 15.6 Å². The Balaban J connectivity index is 1.97. The molecular formula is C24H24N4O2. The van der Waals surface area contributed by atoms with E-state index in [4.69, 9.17) is 10.1 Å². The minimum Gasteiger partial charge on any atom is -0.497 e. The number of hydrogen-bond donors (Lipinski definition) is 3. The Kier molecular flexibility index (Phi) is 6.95. The van der Waals surface area contributed by atoms with Crippen LogP contribution in [0.15, 0.2) is 85.3 Å². The van der Waals surface area contributed by atoms with Gasteiger partial charge in [0, 0.05) is 43.0 Å². The molecule has 3 aromatic rings. The largest absolute Gasteiger partial charge is 0.497 e. The highest BCUT2D eigenvalue weighted by atomic mass is 16.5. The monoisotopic (exact) mass is 400 g/mol. The summed E-state index contributed by atoms with van der Waals surface area (Å²) in [5.74, 6) is 0.324. The molecule has 1 unspecified atom stereocenters. The lowest BCUT2D eigenvalue weighted by Gasteiger charge is -2.21. The zero-order valence-corrected chi connectivity index (χ0v) is 16.9. The molecule has 1 atom stereocenters. The number of ketones is 1. The second kappa shape index (κ2) is 10.0. The summed E-state index contributed by atoms with van der Waals surface area (Å²) in [6, 6.07) is 19.5. The number of rotatable bonds is 9. The van der Waals surface area contributed by atoms with Crippen molar-refractivity contribution in [1.82, 2.24) is 10.3 Å². The summed E-state index contributed by atoms with van der Waals surface area (Å²) in [4.78, 5) is 17.5. The Morgan fingerprint density at radius 3 is 2.47 bits per heavy atom. The third kappa shape index (κ3) is 4.91. The topological polar surface area (TPSA) is 87.1 Å². The van der Waals surface area contributed by atoms with Crippen molar-refractivity contribution in [3.05, 3.63) is 96.5 Å². The summed E-state index contributed by atoms with van der Waals surface area (Å²) in [6.07, 6.45) is 4.94. The summed E-state index contributed by atoms with van der Waals surface area (Å²) in [5.41, 5.74) is 2.66. The van der Waals surface area contributed by atoms with Gasteiger partial charge < -0.3 is 15.4 Å². The predicted molar refractivity (Wildman–Crippen MR) is 120 cm³/mol. The van der Waals surface area contributed by atoms with Gasteiger partial charge in [0.25, 0.3) is 0 Å². The molecule has 0 radical (unpaired) electrons. The molecule has 0 saturated carbocycles. The van der Waals surface area contributed by atoms with Crippen LogP contribution < -0.4 is 15.4 Å².